The lowest BCUT2D eigenvalue weighted by atomic mass is 10.4. The zero-order chi connectivity index (χ0) is 10.1. The highest BCUT2D eigenvalue weighted by Gasteiger charge is 2.12. The van der Waals surface area contributed by atoms with Gasteiger partial charge in [0.1, 0.15) is 0 Å². The molecule has 0 saturated heterocycles. The quantitative estimate of drug-likeness (QED) is 0.684. The van der Waals surface area contributed by atoms with E-state index < -0.39 is 10.0 Å². The summed E-state index contributed by atoms with van der Waals surface area (Å²) in [6, 6.07) is 1.79. The molecule has 0 fully saturated rings. The molecule has 0 unspecified atom stereocenters. The first-order chi connectivity index (χ1) is 5.91. The molecule has 0 N–H and O–H groups in total. The Morgan fingerprint density at radius 3 is 2.62 bits per heavy atom. The highest BCUT2D eigenvalue weighted by Crippen LogP contribution is 2.03. The lowest BCUT2D eigenvalue weighted by Gasteiger charge is -2.13. The summed E-state index contributed by atoms with van der Waals surface area (Å²) in [6.07, 6.45) is 2.83. The minimum Gasteiger partial charge on any atom is -0.271 e. The van der Waals surface area contributed by atoms with Crippen molar-refractivity contribution in [1.29, 1.82) is 0 Å². The van der Waals surface area contributed by atoms with E-state index >= 15 is 0 Å². The minimum absolute atomic E-state index is 0.356. The molecule has 0 aliphatic heterocycles. The molecule has 0 radical (unpaired) electrons. The van der Waals surface area contributed by atoms with Crippen LogP contribution in [-0.2, 0) is 23.6 Å². The summed E-state index contributed by atoms with van der Waals surface area (Å²) < 4.78 is 25.1. The van der Waals surface area contributed by atoms with Crippen LogP contribution < -0.4 is 0 Å². The summed E-state index contributed by atoms with van der Waals surface area (Å²) >= 11 is 0. The fourth-order valence-corrected chi connectivity index (χ4v) is 1.27. The van der Waals surface area contributed by atoms with Crippen molar-refractivity contribution in [3.8, 4) is 0 Å². The summed E-state index contributed by atoms with van der Waals surface area (Å²) in [6.45, 7) is 0.356. The molecular weight excluding hydrogens is 190 g/mol. The van der Waals surface area contributed by atoms with E-state index in [1.165, 1.54) is 10.6 Å². The first-order valence-corrected chi connectivity index (χ1v) is 5.64. The van der Waals surface area contributed by atoms with Gasteiger partial charge in [0.05, 0.1) is 18.5 Å². The van der Waals surface area contributed by atoms with Gasteiger partial charge in [0, 0.05) is 20.3 Å². The summed E-state index contributed by atoms with van der Waals surface area (Å²) in [5, 5.41) is 3.95. The van der Waals surface area contributed by atoms with E-state index in [2.05, 4.69) is 5.10 Å². The zero-order valence-corrected chi connectivity index (χ0v) is 8.74. The third-order valence-corrected chi connectivity index (χ3v) is 3.13. The van der Waals surface area contributed by atoms with Gasteiger partial charge in [-0.05, 0) is 6.07 Å². The molecule has 74 valence electrons. The van der Waals surface area contributed by atoms with Gasteiger partial charge in [-0.25, -0.2) is 8.42 Å². The van der Waals surface area contributed by atoms with Gasteiger partial charge in [0.25, 0.3) is 0 Å². The normalized spacial score (nSPS) is 12.3. The van der Waals surface area contributed by atoms with Crippen LogP contribution in [0.5, 0.6) is 0 Å². The highest BCUT2D eigenvalue weighted by molar-refractivity contribution is 7.88. The van der Waals surface area contributed by atoms with Crippen LogP contribution in [0.1, 0.15) is 5.69 Å². The van der Waals surface area contributed by atoms with Crippen LogP contribution in [0.4, 0.5) is 0 Å². The number of hydrogen-bond acceptors (Lipinski definition) is 3. The topological polar surface area (TPSA) is 55.2 Å². The standard InChI is InChI=1S/C7H13N3O2S/c1-9(13(3,11)12)6-7-4-5-8-10(7)2/h4-5H,6H2,1-3H3. The monoisotopic (exact) mass is 203 g/mol. The van der Waals surface area contributed by atoms with Crippen LogP contribution in [-0.4, -0.2) is 35.8 Å². The van der Waals surface area contributed by atoms with E-state index in [-0.39, 0.29) is 0 Å². The average molecular weight is 203 g/mol. The molecule has 1 aromatic heterocycles. The molecule has 0 bridgehead atoms. The van der Waals surface area contributed by atoms with Crippen LogP contribution in [0.25, 0.3) is 0 Å². The molecule has 5 nitrogen and oxygen atoms in total. The van der Waals surface area contributed by atoms with Crippen molar-refractivity contribution in [2.75, 3.05) is 13.3 Å². The predicted molar refractivity (Wildman–Crippen MR) is 49.5 cm³/mol. The fraction of sp³-hybridized carbons (Fsp3) is 0.571. The van der Waals surface area contributed by atoms with Crippen LogP contribution >= 0.6 is 0 Å². The number of aryl methyl sites for hydroxylation is 1. The Labute approximate surface area is 78.0 Å². The highest BCUT2D eigenvalue weighted by atomic mass is 32.2. The van der Waals surface area contributed by atoms with Gasteiger partial charge in [-0.3, -0.25) is 4.68 Å². The molecule has 1 heterocycles. The van der Waals surface area contributed by atoms with Crippen molar-refractivity contribution in [2.24, 2.45) is 7.05 Å². The van der Waals surface area contributed by atoms with Crippen molar-refractivity contribution >= 4 is 10.0 Å². The number of sulfonamides is 1. The Kier molecular flexibility index (Phi) is 2.72. The number of rotatable bonds is 3. The number of aromatic nitrogens is 2. The van der Waals surface area contributed by atoms with Crippen LogP contribution in [0.2, 0.25) is 0 Å². The van der Waals surface area contributed by atoms with E-state index in [4.69, 9.17) is 0 Å². The largest absolute Gasteiger partial charge is 0.271 e. The molecule has 6 heteroatoms. The van der Waals surface area contributed by atoms with Crippen LogP contribution in [0.3, 0.4) is 0 Å². The molecule has 13 heavy (non-hydrogen) atoms. The fourth-order valence-electron chi connectivity index (χ4n) is 0.902. The third kappa shape index (κ3) is 2.53. The average Bonchev–Trinajstić information content (AvgIpc) is 2.34. The van der Waals surface area contributed by atoms with Gasteiger partial charge >= 0.3 is 0 Å². The van der Waals surface area contributed by atoms with Crippen molar-refractivity contribution in [1.82, 2.24) is 14.1 Å². The molecule has 0 spiro atoms. The molecule has 0 atom stereocenters. The van der Waals surface area contributed by atoms with E-state index in [1.54, 1.807) is 31.0 Å². The molecule has 0 aliphatic rings. The number of hydrogen-bond donors (Lipinski definition) is 0. The second-order valence-corrected chi connectivity index (χ2v) is 5.05. The van der Waals surface area contributed by atoms with Crippen molar-refractivity contribution in [3.63, 3.8) is 0 Å². The smallest absolute Gasteiger partial charge is 0.211 e. The second kappa shape index (κ2) is 3.47. The van der Waals surface area contributed by atoms with Gasteiger partial charge < -0.3 is 0 Å². The molecule has 1 aromatic rings. The lowest BCUT2D eigenvalue weighted by Crippen LogP contribution is -2.25. The van der Waals surface area contributed by atoms with Gasteiger partial charge in [-0.2, -0.15) is 9.40 Å². The van der Waals surface area contributed by atoms with Gasteiger partial charge in [0.2, 0.25) is 10.0 Å². The Balaban J connectivity index is 2.77. The van der Waals surface area contributed by atoms with Crippen molar-refractivity contribution < 1.29 is 8.42 Å². The Bertz CT molecular complexity index is 382. The van der Waals surface area contributed by atoms with Crippen LogP contribution in [0.15, 0.2) is 12.3 Å². The Morgan fingerprint density at radius 1 is 1.62 bits per heavy atom. The predicted octanol–water partition coefficient (Wildman–Crippen LogP) is -0.188. The van der Waals surface area contributed by atoms with E-state index in [0.717, 1.165) is 5.69 Å². The molecule has 0 amide bonds. The maximum absolute atomic E-state index is 11.1. The Morgan fingerprint density at radius 2 is 2.23 bits per heavy atom. The van der Waals surface area contributed by atoms with Crippen molar-refractivity contribution in [3.05, 3.63) is 18.0 Å². The minimum atomic E-state index is -3.10. The van der Waals surface area contributed by atoms with Gasteiger partial charge in [0.15, 0.2) is 0 Å². The lowest BCUT2D eigenvalue weighted by molar-refractivity contribution is 0.457. The SMILES string of the molecule is CN(Cc1ccnn1C)S(C)(=O)=O. The summed E-state index contributed by atoms with van der Waals surface area (Å²) in [4.78, 5) is 0. The number of nitrogens with zero attached hydrogens (tertiary/aromatic N) is 3. The first-order valence-electron chi connectivity index (χ1n) is 3.79. The molecule has 0 saturated carbocycles. The van der Waals surface area contributed by atoms with Gasteiger partial charge in [-0.1, -0.05) is 0 Å². The summed E-state index contributed by atoms with van der Waals surface area (Å²) in [7, 11) is 0.224. The molecule has 1 rings (SSSR count). The second-order valence-electron chi connectivity index (χ2n) is 2.97. The Hall–Kier alpha value is -0.880. The van der Waals surface area contributed by atoms with Crippen LogP contribution in [0, 0.1) is 0 Å². The summed E-state index contributed by atoms with van der Waals surface area (Å²) in [5.41, 5.74) is 0.868. The molecule has 0 aromatic carbocycles. The molecule has 0 aliphatic carbocycles. The third-order valence-electron chi connectivity index (χ3n) is 1.87. The maximum Gasteiger partial charge on any atom is 0.211 e. The first kappa shape index (κ1) is 10.2. The van der Waals surface area contributed by atoms with E-state index in [9.17, 15) is 8.42 Å². The zero-order valence-electron chi connectivity index (χ0n) is 7.93. The van der Waals surface area contributed by atoms with E-state index in [0.29, 0.717) is 6.54 Å². The van der Waals surface area contributed by atoms with Crippen molar-refractivity contribution in [2.45, 2.75) is 6.54 Å². The van der Waals surface area contributed by atoms with E-state index in [1.807, 2.05) is 0 Å². The molecular formula is C7H13N3O2S. The summed E-state index contributed by atoms with van der Waals surface area (Å²) in [5.74, 6) is 0. The maximum atomic E-state index is 11.1. The van der Waals surface area contributed by atoms with Gasteiger partial charge in [-0.15, -0.1) is 0 Å².